The topological polar surface area (TPSA) is 549 Å². The molecule has 0 atom stereocenters. The average molecular weight is 2120 g/mol. The zero-order valence-corrected chi connectivity index (χ0v) is 85.5. The van der Waals surface area contributed by atoms with Crippen LogP contribution < -0.4 is 25.8 Å². The number of ether oxygens (including phenoxy) is 8. The molecule has 0 unspecified atom stereocenters. The van der Waals surface area contributed by atoms with Crippen LogP contribution in [0.2, 0.25) is 0 Å². The first kappa shape index (κ1) is 114. The van der Waals surface area contributed by atoms with Crippen LogP contribution in [0.5, 0.6) is 5.75 Å². The molecular weight excluding hydrogens is 1990 g/mol. The summed E-state index contributed by atoms with van der Waals surface area (Å²) in [6.07, 6.45) is 52.0. The number of rotatable bonds is 46. The third-order valence-electron chi connectivity index (χ3n) is 31.8. The summed E-state index contributed by atoms with van der Waals surface area (Å²) in [6, 6.07) is 10.8. The number of carbonyl (C=O) groups is 8. The van der Waals surface area contributed by atoms with Crippen molar-refractivity contribution < 1.29 is 154 Å². The van der Waals surface area contributed by atoms with Gasteiger partial charge in [0.1, 0.15) is 16.7 Å². The lowest BCUT2D eigenvalue weighted by atomic mass is 9.49. The van der Waals surface area contributed by atoms with Crippen LogP contribution in [0.4, 0.5) is 22.7 Å². The Bertz CT molecular complexity index is 4890. The number of benzene rings is 4. The second-order valence-corrected chi connectivity index (χ2v) is 44.8. The molecule has 4 aromatic rings. The zero-order chi connectivity index (χ0) is 103. The number of hydrogen-bond acceptors (Lipinski definition) is 40. The van der Waals surface area contributed by atoms with Crippen LogP contribution in [0, 0.1) is 122 Å². The fourth-order valence-corrected chi connectivity index (χ4v) is 27.9. The van der Waals surface area contributed by atoms with E-state index in [1.165, 1.54) is 153 Å². The summed E-state index contributed by atoms with van der Waals surface area (Å²) in [5, 5.41) is 103. The highest BCUT2D eigenvalue weighted by Crippen LogP contribution is 2.63. The number of nitrogens with zero attached hydrogens (tertiary/aromatic N) is 4. The van der Waals surface area contributed by atoms with E-state index in [4.69, 9.17) is 37.9 Å². The molecule has 0 heterocycles. The van der Waals surface area contributed by atoms with Crippen molar-refractivity contribution in [1.82, 2.24) is 0 Å². The highest BCUT2D eigenvalue weighted by Gasteiger charge is 2.54. The Balaban J connectivity index is 0.000000164. The molecule has 14 aliphatic carbocycles. The molecule has 14 aliphatic rings. The molecule has 4 aromatic carbocycles. The summed E-state index contributed by atoms with van der Waals surface area (Å²) in [6.45, 7) is 1.31. The van der Waals surface area contributed by atoms with E-state index in [0.717, 1.165) is 173 Å². The minimum Gasteiger partial charge on any atom is -0.691 e. The van der Waals surface area contributed by atoms with E-state index < -0.39 is 122 Å². The number of nitro groups is 4. The van der Waals surface area contributed by atoms with Gasteiger partial charge in [-0.05, 0) is 228 Å². The number of carbonyl (C=O) groups excluding carboxylic acids is 8. The monoisotopic (exact) mass is 2120 g/mol. The van der Waals surface area contributed by atoms with Crippen molar-refractivity contribution in [2.24, 2.45) is 81.8 Å². The van der Waals surface area contributed by atoms with Crippen LogP contribution in [-0.4, -0.2) is 114 Å². The third-order valence-corrected chi connectivity index (χ3v) is 34.3. The third kappa shape index (κ3) is 33.1. The molecular formula is C102H132N4O36S4-4. The van der Waals surface area contributed by atoms with Crippen LogP contribution in [0.3, 0.4) is 0 Å². The van der Waals surface area contributed by atoms with Crippen molar-refractivity contribution in [2.75, 3.05) is 46.2 Å². The van der Waals surface area contributed by atoms with Gasteiger partial charge < -0.3 is 58.9 Å². The minimum absolute atomic E-state index is 0.0124. The largest absolute Gasteiger partial charge is 0.691 e. The molecule has 14 saturated carbocycles. The first-order valence-corrected chi connectivity index (χ1v) is 54.9. The van der Waals surface area contributed by atoms with Crippen molar-refractivity contribution in [1.29, 1.82) is 0 Å². The molecule has 14 fully saturated rings. The summed E-state index contributed by atoms with van der Waals surface area (Å²) in [5.41, 5.74) is -6.08. The van der Waals surface area contributed by atoms with Crippen LogP contribution in [0.1, 0.15) is 387 Å². The van der Waals surface area contributed by atoms with Gasteiger partial charge in [0.2, 0.25) is 5.75 Å². The van der Waals surface area contributed by atoms with E-state index >= 15 is 0 Å². The van der Waals surface area contributed by atoms with Crippen molar-refractivity contribution in [3.05, 3.63) is 128 Å². The van der Waals surface area contributed by atoms with Gasteiger partial charge in [-0.3, -0.25) is 65.4 Å². The summed E-state index contributed by atoms with van der Waals surface area (Å²) >= 11 is 0.992. The Morgan fingerprint density at radius 1 is 0.308 bits per heavy atom. The lowest BCUT2D eigenvalue weighted by Gasteiger charge is -2.56. The van der Waals surface area contributed by atoms with Crippen molar-refractivity contribution >= 4 is 119 Å². The standard InChI is InChI=1S/C30H36N2O11S.C24H32N2O11S.2C24H34O7S/c33-24(14-29-8-16-1-17(9-29)3-18(2-16)10-29)41-23-7-22(25(31(35)36)27(44-43-42-39)26(23)32(37)38)28(34)40-15-30-11-19-4-20(12-30)6-21(5-19)13-30;27-23(34-13-11-16-7-3-1-4-8-16)18-15-19(24(28)35-14-12-17-9-5-2-6-10-17)21(26(31)32)22(38-37-36-33)20(18)25(29)30;25-23(28-16-14-18-8-3-1-4-9-18)20-12-7-13-21(32-31-30-27)22(20)24(26)29-17-15-19-10-5-2-6-11-19;25-23(28-15-13-18-7-3-1-4-8-18)21-12-11-20(32-31-30-27)17-22(21)24(26)29-16-14-19-9-5-2-6-10-19/h7,16-21,39H,1-6,8-15H2;15-17,33H,1-14H2;7,12-13,18-19,27H,1-6,8-11,14-17H2;11-12,17-19,27H,1-10,13-16H2/p-4. The molecule has 0 aliphatic heterocycles. The van der Waals surface area contributed by atoms with Gasteiger partial charge in [-0.15, -0.1) is 0 Å². The highest BCUT2D eigenvalue weighted by atomic mass is 32.2. The second kappa shape index (κ2) is 58.0. The molecule has 44 heteroatoms. The normalized spacial score (nSPS) is 23.0. The van der Waals surface area contributed by atoms with E-state index in [1.54, 1.807) is 18.2 Å². The average Bonchev–Trinajstić information content (AvgIpc) is 0.751. The van der Waals surface area contributed by atoms with Crippen molar-refractivity contribution in [3.63, 3.8) is 0 Å². The van der Waals surface area contributed by atoms with Gasteiger partial charge >= 0.3 is 70.5 Å². The molecule has 8 bridgehead atoms. The van der Waals surface area contributed by atoms with Crippen LogP contribution >= 0.6 is 48.2 Å². The summed E-state index contributed by atoms with van der Waals surface area (Å²) < 4.78 is 61.0. The quantitative estimate of drug-likeness (QED) is 0.00754. The molecule has 146 heavy (non-hydrogen) atoms. The predicted molar refractivity (Wildman–Crippen MR) is 515 cm³/mol. The smallest absolute Gasteiger partial charge is 0.345 e. The molecule has 0 spiro atoms. The van der Waals surface area contributed by atoms with Gasteiger partial charge in [0.15, 0.2) is 9.79 Å². The van der Waals surface area contributed by atoms with Gasteiger partial charge in [-0.25, -0.2) is 33.6 Å². The Hall–Kier alpha value is -8.84. The van der Waals surface area contributed by atoms with Crippen molar-refractivity contribution in [3.8, 4) is 5.75 Å². The lowest BCUT2D eigenvalue weighted by Crippen LogP contribution is -2.48. The van der Waals surface area contributed by atoms with Gasteiger partial charge in [-0.2, -0.15) is 17.3 Å². The van der Waals surface area contributed by atoms with Crippen LogP contribution in [-0.2, 0) is 75.4 Å². The number of esters is 8. The first-order valence-electron chi connectivity index (χ1n) is 51.9. The maximum absolute atomic E-state index is 13.5. The van der Waals surface area contributed by atoms with Gasteiger partial charge in [0.05, 0.1) is 148 Å². The Kier molecular flexibility index (Phi) is 45.4. The fraction of sp³-hybridized carbons (Fsp3) is 0.686. The predicted octanol–water partition coefficient (Wildman–Crippen LogP) is 20.9. The van der Waals surface area contributed by atoms with Gasteiger partial charge in [-0.1, -0.05) is 199 Å². The first-order chi connectivity index (χ1) is 70.7. The van der Waals surface area contributed by atoms with Gasteiger partial charge in [0.25, 0.3) is 0 Å². The molecule has 0 amide bonds. The zero-order valence-electron chi connectivity index (χ0n) is 82.3. The molecule has 0 N–H and O–H groups in total. The maximum Gasteiger partial charge on any atom is 0.345 e. The lowest BCUT2D eigenvalue weighted by molar-refractivity contribution is -0.777. The summed E-state index contributed by atoms with van der Waals surface area (Å²) in [5.74, 6) is -0.504. The molecule has 0 aromatic heterocycles. The minimum atomic E-state index is -1.14. The summed E-state index contributed by atoms with van der Waals surface area (Å²) in [4.78, 5) is 147. The van der Waals surface area contributed by atoms with E-state index in [9.17, 15) is 99.8 Å². The maximum atomic E-state index is 13.5. The molecule has 40 nitrogen and oxygen atoms in total. The number of hydrogen-bond donors (Lipinski definition) is 0. The Morgan fingerprint density at radius 3 is 0.966 bits per heavy atom. The summed E-state index contributed by atoms with van der Waals surface area (Å²) in [7, 11) is 0. The van der Waals surface area contributed by atoms with Gasteiger partial charge in [0, 0.05) is 16.4 Å². The van der Waals surface area contributed by atoms with Crippen LogP contribution in [0.15, 0.2) is 68.1 Å². The highest BCUT2D eigenvalue weighted by molar-refractivity contribution is 7.95. The van der Waals surface area contributed by atoms with E-state index in [2.05, 4.69) is 37.5 Å². The van der Waals surface area contributed by atoms with E-state index in [-0.39, 0.29) is 94.9 Å². The Labute approximate surface area is 864 Å². The Morgan fingerprint density at radius 2 is 0.610 bits per heavy atom. The fourth-order valence-electron chi connectivity index (χ4n) is 25.7. The molecule has 18 rings (SSSR count). The molecule has 0 radical (unpaired) electrons. The van der Waals surface area contributed by atoms with E-state index in [0.29, 0.717) is 133 Å². The molecule has 0 saturated heterocycles. The number of nitro benzene ring substituents is 4. The van der Waals surface area contributed by atoms with Crippen molar-refractivity contribution in [2.45, 2.75) is 334 Å². The van der Waals surface area contributed by atoms with Crippen LogP contribution in [0.25, 0.3) is 0 Å². The second-order valence-electron chi connectivity index (χ2n) is 41.9. The SMILES string of the molecule is O=C(CC12CC3CC(CC(C3)C1)C2)Oc1cc(C(=O)OCC23CC4CC(CC(C4)C2)C3)c([N+](=O)[O-])c(SOO[O-])c1[N+](=O)[O-].O=C(OCCC1CCCCC1)c1cc(C(=O)OCCC2CCCCC2)c([N+](=O)[O-])c(SOO[O-])c1[N+](=O)[O-].O=C(OCCC1CCCCC1)c1ccc(SOO[O-])cc1C(=O)OCCC1CCCCC1.O=C(OCCC1CCCCC1)c1cccc(SOO[O-])c1C(=O)OCCC1CCCCC1. The molecule has 804 valence electrons. The van der Waals surface area contributed by atoms with E-state index in [1.807, 2.05) is 0 Å².